The van der Waals surface area contributed by atoms with Crippen LogP contribution in [0, 0.1) is 16.0 Å². The number of nitro groups is 1. The lowest BCUT2D eigenvalue weighted by atomic mass is 10.2. The number of nitrogens with one attached hydrogen (secondary N) is 2. The van der Waals surface area contributed by atoms with E-state index in [2.05, 4.69) is 29.5 Å². The second kappa shape index (κ2) is 7.98. The van der Waals surface area contributed by atoms with E-state index in [9.17, 15) is 10.1 Å². The van der Waals surface area contributed by atoms with Gasteiger partial charge in [0, 0.05) is 37.5 Å². The number of rotatable bonds is 7. The highest BCUT2D eigenvalue weighted by Crippen LogP contribution is 2.14. The molecule has 0 heterocycles. The molecule has 0 aliphatic heterocycles. The lowest BCUT2D eigenvalue weighted by Gasteiger charge is -2.08. The molecule has 7 nitrogen and oxygen atoms in total. The second-order valence-corrected chi connectivity index (χ2v) is 4.78. The molecule has 1 aromatic rings. The Labute approximate surface area is 118 Å². The van der Waals surface area contributed by atoms with Crippen molar-refractivity contribution < 1.29 is 4.92 Å². The van der Waals surface area contributed by atoms with Crippen LogP contribution in [0.3, 0.4) is 0 Å². The van der Waals surface area contributed by atoms with Crippen LogP contribution < -0.4 is 16.4 Å². The van der Waals surface area contributed by atoms with Crippen LogP contribution in [0.15, 0.2) is 29.3 Å². The summed E-state index contributed by atoms with van der Waals surface area (Å²) in [5.41, 5.74) is 6.60. The first kappa shape index (κ1) is 15.7. The topological polar surface area (TPSA) is 106 Å². The minimum absolute atomic E-state index is 0.0822. The maximum atomic E-state index is 10.5. The van der Waals surface area contributed by atoms with Crippen LogP contribution in [-0.4, -0.2) is 30.5 Å². The Bertz CT molecular complexity index is 456. The summed E-state index contributed by atoms with van der Waals surface area (Å²) in [4.78, 5) is 14.3. The molecular weight excluding hydrogens is 258 g/mol. The maximum absolute atomic E-state index is 10.5. The van der Waals surface area contributed by atoms with Gasteiger partial charge in [0.2, 0.25) is 0 Å². The van der Waals surface area contributed by atoms with Crippen molar-refractivity contribution in [2.75, 3.05) is 25.0 Å². The molecule has 4 N–H and O–H groups in total. The van der Waals surface area contributed by atoms with Gasteiger partial charge < -0.3 is 16.4 Å². The van der Waals surface area contributed by atoms with Gasteiger partial charge in [-0.15, -0.1) is 0 Å². The summed E-state index contributed by atoms with van der Waals surface area (Å²) in [5, 5.41) is 16.6. The Morgan fingerprint density at radius 2 is 2.00 bits per heavy atom. The van der Waals surface area contributed by atoms with Gasteiger partial charge in [-0.05, 0) is 18.1 Å². The van der Waals surface area contributed by atoms with E-state index in [-0.39, 0.29) is 5.69 Å². The third-order valence-electron chi connectivity index (χ3n) is 2.47. The Morgan fingerprint density at radius 3 is 2.55 bits per heavy atom. The van der Waals surface area contributed by atoms with Crippen LogP contribution in [0.5, 0.6) is 0 Å². The Kier molecular flexibility index (Phi) is 6.28. The molecule has 0 fully saturated rings. The predicted octanol–water partition coefficient (Wildman–Crippen LogP) is 1.57. The van der Waals surface area contributed by atoms with Crippen LogP contribution in [0.4, 0.5) is 11.4 Å². The number of non-ortho nitro benzene ring substituents is 1. The maximum Gasteiger partial charge on any atom is 0.269 e. The van der Waals surface area contributed by atoms with E-state index >= 15 is 0 Å². The van der Waals surface area contributed by atoms with E-state index in [0.717, 1.165) is 5.69 Å². The molecule has 0 aromatic heterocycles. The Balaban J connectivity index is 2.27. The largest absolute Gasteiger partial charge is 0.383 e. The fraction of sp³-hybridized carbons (Fsp3) is 0.462. The standard InChI is InChI=1S/C13H21N5O2/c1-10(2)9-17-13(14)16-8-7-15-11-3-5-12(6-4-11)18(19)20/h3-6,10,15H,7-9H2,1-2H3,(H3,14,16,17). The van der Waals surface area contributed by atoms with Gasteiger partial charge in [-0.1, -0.05) is 13.8 Å². The van der Waals surface area contributed by atoms with Crippen molar-refractivity contribution in [2.24, 2.45) is 16.6 Å². The molecule has 1 aromatic carbocycles. The summed E-state index contributed by atoms with van der Waals surface area (Å²) in [6.45, 7) is 6.13. The Morgan fingerprint density at radius 1 is 1.35 bits per heavy atom. The first-order valence-corrected chi connectivity index (χ1v) is 6.51. The molecule has 7 heteroatoms. The van der Waals surface area contributed by atoms with Gasteiger partial charge in [0.1, 0.15) is 0 Å². The van der Waals surface area contributed by atoms with Gasteiger partial charge in [0.15, 0.2) is 5.96 Å². The van der Waals surface area contributed by atoms with Crippen LogP contribution >= 0.6 is 0 Å². The molecule has 0 saturated heterocycles. The van der Waals surface area contributed by atoms with Gasteiger partial charge in [-0.2, -0.15) is 0 Å². The molecule has 0 bridgehead atoms. The number of hydrogen-bond acceptors (Lipinski definition) is 4. The van der Waals surface area contributed by atoms with E-state index < -0.39 is 4.92 Å². The summed E-state index contributed by atoms with van der Waals surface area (Å²) in [7, 11) is 0. The molecule has 1 rings (SSSR count). The van der Waals surface area contributed by atoms with Crippen LogP contribution in [0.1, 0.15) is 13.8 Å². The SMILES string of the molecule is CC(C)CN=C(N)NCCNc1ccc([N+](=O)[O-])cc1. The van der Waals surface area contributed by atoms with E-state index in [1.54, 1.807) is 12.1 Å². The zero-order valence-corrected chi connectivity index (χ0v) is 11.8. The van der Waals surface area contributed by atoms with E-state index in [0.29, 0.717) is 31.5 Å². The molecule has 0 amide bonds. The molecule has 0 radical (unpaired) electrons. The quantitative estimate of drug-likeness (QED) is 0.231. The monoisotopic (exact) mass is 279 g/mol. The lowest BCUT2D eigenvalue weighted by Crippen LogP contribution is -2.35. The number of benzene rings is 1. The highest BCUT2D eigenvalue weighted by Gasteiger charge is 2.03. The smallest absolute Gasteiger partial charge is 0.269 e. The van der Waals surface area contributed by atoms with Crippen LogP contribution in [0.2, 0.25) is 0 Å². The Hall–Kier alpha value is -2.31. The van der Waals surface area contributed by atoms with Gasteiger partial charge in [-0.3, -0.25) is 15.1 Å². The minimum atomic E-state index is -0.419. The number of hydrogen-bond donors (Lipinski definition) is 3. The summed E-state index contributed by atoms with van der Waals surface area (Å²) < 4.78 is 0. The molecule has 20 heavy (non-hydrogen) atoms. The summed E-state index contributed by atoms with van der Waals surface area (Å²) in [5.74, 6) is 0.915. The van der Waals surface area contributed by atoms with Crippen molar-refractivity contribution in [3.8, 4) is 0 Å². The van der Waals surface area contributed by atoms with Gasteiger partial charge in [0.05, 0.1) is 4.92 Å². The van der Waals surface area contributed by atoms with Crippen molar-refractivity contribution >= 4 is 17.3 Å². The predicted molar refractivity (Wildman–Crippen MR) is 80.9 cm³/mol. The van der Waals surface area contributed by atoms with Crippen molar-refractivity contribution in [3.63, 3.8) is 0 Å². The summed E-state index contributed by atoms with van der Waals surface area (Å²) in [6, 6.07) is 6.28. The number of aliphatic imine (C=N–C) groups is 1. The molecular formula is C13H21N5O2. The van der Waals surface area contributed by atoms with Crippen molar-refractivity contribution in [3.05, 3.63) is 34.4 Å². The lowest BCUT2D eigenvalue weighted by molar-refractivity contribution is -0.384. The molecule has 0 saturated carbocycles. The molecule has 0 aliphatic rings. The van der Waals surface area contributed by atoms with Gasteiger partial charge in [-0.25, -0.2) is 0 Å². The normalized spacial score (nSPS) is 11.4. The van der Waals surface area contributed by atoms with Crippen molar-refractivity contribution in [1.29, 1.82) is 0 Å². The number of anilines is 1. The van der Waals surface area contributed by atoms with Crippen molar-refractivity contribution in [2.45, 2.75) is 13.8 Å². The van der Waals surface area contributed by atoms with Crippen LogP contribution in [-0.2, 0) is 0 Å². The average Bonchev–Trinajstić information content (AvgIpc) is 2.42. The zero-order valence-electron chi connectivity index (χ0n) is 11.8. The third-order valence-corrected chi connectivity index (χ3v) is 2.47. The number of guanidine groups is 1. The molecule has 0 spiro atoms. The first-order chi connectivity index (χ1) is 9.49. The van der Waals surface area contributed by atoms with E-state index in [1.807, 2.05) is 0 Å². The molecule has 0 unspecified atom stereocenters. The summed E-state index contributed by atoms with van der Waals surface area (Å²) in [6.07, 6.45) is 0. The van der Waals surface area contributed by atoms with E-state index in [1.165, 1.54) is 12.1 Å². The van der Waals surface area contributed by atoms with Gasteiger partial charge in [0.25, 0.3) is 5.69 Å². The zero-order chi connectivity index (χ0) is 15.0. The third kappa shape index (κ3) is 6.03. The van der Waals surface area contributed by atoms with Crippen LogP contribution in [0.25, 0.3) is 0 Å². The first-order valence-electron chi connectivity index (χ1n) is 6.51. The number of nitrogens with two attached hydrogens (primary N) is 1. The molecule has 110 valence electrons. The van der Waals surface area contributed by atoms with Gasteiger partial charge >= 0.3 is 0 Å². The second-order valence-electron chi connectivity index (χ2n) is 4.78. The van der Waals surface area contributed by atoms with E-state index in [4.69, 9.17) is 5.73 Å². The van der Waals surface area contributed by atoms with Crippen molar-refractivity contribution in [1.82, 2.24) is 5.32 Å². The highest BCUT2D eigenvalue weighted by molar-refractivity contribution is 5.77. The number of nitrogens with zero attached hydrogens (tertiary/aromatic N) is 2. The summed E-state index contributed by atoms with van der Waals surface area (Å²) >= 11 is 0. The fourth-order valence-corrected chi connectivity index (χ4v) is 1.44. The average molecular weight is 279 g/mol. The highest BCUT2D eigenvalue weighted by atomic mass is 16.6. The fourth-order valence-electron chi connectivity index (χ4n) is 1.44. The molecule has 0 aliphatic carbocycles. The number of nitro benzene ring substituents is 1. The minimum Gasteiger partial charge on any atom is -0.383 e. The molecule has 0 atom stereocenters.